The van der Waals surface area contributed by atoms with Crippen molar-refractivity contribution in [2.75, 3.05) is 27.7 Å². The van der Waals surface area contributed by atoms with Crippen molar-refractivity contribution in [1.82, 2.24) is 0 Å². The molecule has 0 aromatic heterocycles. The van der Waals surface area contributed by atoms with E-state index in [9.17, 15) is 4.57 Å². The van der Waals surface area contributed by atoms with E-state index in [4.69, 9.17) is 14.3 Å². The van der Waals surface area contributed by atoms with Crippen LogP contribution in [0.4, 0.5) is 0 Å². The summed E-state index contributed by atoms with van der Waals surface area (Å²) in [4.78, 5) is 18.3. The van der Waals surface area contributed by atoms with Crippen LogP contribution in [0.25, 0.3) is 0 Å². The van der Waals surface area contributed by atoms with Gasteiger partial charge in [-0.15, -0.1) is 0 Å². The Labute approximate surface area is 187 Å². The molecule has 6 heteroatoms. The lowest BCUT2D eigenvalue weighted by Gasteiger charge is -2.26. The second-order valence-corrected chi connectivity index (χ2v) is 10.9. The smallest absolute Gasteiger partial charge is 0.331 e. The number of unbranched alkanes of at least 4 members (excludes halogenated alkanes) is 12. The number of phosphoric acid groups is 1. The zero-order valence-electron chi connectivity index (χ0n) is 20.4. The molecule has 30 heavy (non-hydrogen) atoms. The van der Waals surface area contributed by atoms with Crippen molar-refractivity contribution in [3.8, 4) is 0 Å². The molecule has 0 bridgehead atoms. The number of quaternary nitrogens is 1. The second kappa shape index (κ2) is 18.4. The van der Waals surface area contributed by atoms with Crippen molar-refractivity contribution < 1.29 is 23.4 Å². The third kappa shape index (κ3) is 24.1. The molecule has 0 spiro atoms. The number of allylic oxidation sites excluding steroid dienone is 2. The third-order valence-electron chi connectivity index (χ3n) is 5.45. The molecular formula is C24H51NO4P+. The van der Waals surface area contributed by atoms with Crippen molar-refractivity contribution in [1.29, 1.82) is 0 Å². The molecule has 0 heterocycles. The Morgan fingerprint density at radius 3 is 1.70 bits per heavy atom. The lowest BCUT2D eigenvalue weighted by Crippen LogP contribution is -2.37. The van der Waals surface area contributed by atoms with Gasteiger partial charge in [-0.05, 0) is 32.1 Å². The van der Waals surface area contributed by atoms with Crippen LogP contribution < -0.4 is 0 Å². The second-order valence-electron chi connectivity index (χ2n) is 9.75. The maximum atomic E-state index is 11.2. The minimum absolute atomic E-state index is 0.347. The Morgan fingerprint density at radius 2 is 1.23 bits per heavy atom. The fourth-order valence-corrected chi connectivity index (χ4v) is 4.19. The van der Waals surface area contributed by atoms with Gasteiger partial charge in [0.15, 0.2) is 0 Å². The zero-order chi connectivity index (χ0) is 22.7. The molecule has 0 saturated carbocycles. The van der Waals surface area contributed by atoms with Gasteiger partial charge < -0.3 is 14.3 Å². The number of hydrogen-bond acceptors (Lipinski definition) is 2. The summed E-state index contributed by atoms with van der Waals surface area (Å²) in [6.07, 6.45) is 23.5. The molecule has 180 valence electrons. The van der Waals surface area contributed by atoms with Gasteiger partial charge in [-0.1, -0.05) is 83.3 Å². The highest BCUT2D eigenvalue weighted by molar-refractivity contribution is 7.46. The average molecular weight is 449 g/mol. The minimum atomic E-state index is -4.41. The van der Waals surface area contributed by atoms with Crippen LogP contribution in [0.1, 0.15) is 110 Å². The monoisotopic (exact) mass is 448 g/mol. The standard InChI is InChI=1S/C24H50NO4P/c1-5-6-7-8-9-10-11-12-13-14-15-16-17-18-19-20-21-24(29-30(26,27)28)22-23-25(2,3)4/h12-13,24H,5-11,14-23H2,1-4H3,(H-,26,27,28)/p+1/b13-12-. The van der Waals surface area contributed by atoms with E-state index >= 15 is 0 Å². The van der Waals surface area contributed by atoms with Crippen LogP contribution in [-0.2, 0) is 9.09 Å². The molecule has 1 atom stereocenters. The predicted molar refractivity (Wildman–Crippen MR) is 129 cm³/mol. The van der Waals surface area contributed by atoms with Gasteiger partial charge in [0, 0.05) is 6.42 Å². The predicted octanol–water partition coefficient (Wildman–Crippen LogP) is 6.99. The molecule has 2 N–H and O–H groups in total. The highest BCUT2D eigenvalue weighted by Crippen LogP contribution is 2.39. The van der Waals surface area contributed by atoms with Crippen LogP contribution in [0.3, 0.4) is 0 Å². The van der Waals surface area contributed by atoms with Crippen LogP contribution in [0, 0.1) is 0 Å². The topological polar surface area (TPSA) is 66.8 Å². The Bertz CT molecular complexity index is 457. The first kappa shape index (κ1) is 29.8. The lowest BCUT2D eigenvalue weighted by atomic mass is 10.0. The van der Waals surface area contributed by atoms with Gasteiger partial charge in [-0.25, -0.2) is 4.57 Å². The summed E-state index contributed by atoms with van der Waals surface area (Å²) in [5.41, 5.74) is 0. The van der Waals surface area contributed by atoms with E-state index in [1.165, 1.54) is 77.0 Å². The van der Waals surface area contributed by atoms with Gasteiger partial charge in [-0.3, -0.25) is 4.52 Å². The molecule has 0 rings (SSSR count). The molecule has 5 nitrogen and oxygen atoms in total. The Balaban J connectivity index is 3.64. The van der Waals surface area contributed by atoms with Crippen LogP contribution in [-0.4, -0.2) is 48.1 Å². The fourth-order valence-electron chi connectivity index (χ4n) is 3.59. The van der Waals surface area contributed by atoms with Crippen LogP contribution in [0.5, 0.6) is 0 Å². The third-order valence-corrected chi connectivity index (χ3v) is 6.02. The van der Waals surface area contributed by atoms with E-state index in [0.717, 1.165) is 30.3 Å². The van der Waals surface area contributed by atoms with E-state index in [2.05, 4.69) is 40.2 Å². The molecule has 0 saturated heterocycles. The van der Waals surface area contributed by atoms with Gasteiger partial charge >= 0.3 is 7.82 Å². The first-order valence-electron chi connectivity index (χ1n) is 12.3. The van der Waals surface area contributed by atoms with Gasteiger partial charge in [0.2, 0.25) is 0 Å². The molecule has 0 aliphatic heterocycles. The average Bonchev–Trinajstić information content (AvgIpc) is 2.64. The zero-order valence-corrected chi connectivity index (χ0v) is 21.3. The van der Waals surface area contributed by atoms with Gasteiger partial charge in [-0.2, -0.15) is 0 Å². The molecule has 0 aliphatic carbocycles. The van der Waals surface area contributed by atoms with E-state index in [1.54, 1.807) is 0 Å². The van der Waals surface area contributed by atoms with Crippen molar-refractivity contribution in [2.24, 2.45) is 0 Å². The number of phosphoric ester groups is 1. The maximum Gasteiger partial charge on any atom is 0.469 e. The van der Waals surface area contributed by atoms with Crippen molar-refractivity contribution in [3.63, 3.8) is 0 Å². The van der Waals surface area contributed by atoms with E-state index < -0.39 is 7.82 Å². The summed E-state index contributed by atoms with van der Waals surface area (Å²) in [5.74, 6) is 0. The fraction of sp³-hybridized carbons (Fsp3) is 0.917. The molecule has 1 unspecified atom stereocenters. The van der Waals surface area contributed by atoms with Crippen molar-refractivity contribution >= 4 is 7.82 Å². The molecule has 0 aromatic carbocycles. The highest BCUT2D eigenvalue weighted by atomic mass is 31.2. The summed E-state index contributed by atoms with van der Waals surface area (Å²) in [7, 11) is 1.84. The molecule has 0 amide bonds. The molecule has 0 aliphatic rings. The summed E-state index contributed by atoms with van der Waals surface area (Å²) in [5, 5.41) is 0. The van der Waals surface area contributed by atoms with Crippen molar-refractivity contribution in [3.05, 3.63) is 12.2 Å². The van der Waals surface area contributed by atoms with E-state index in [-0.39, 0.29) is 6.10 Å². The number of hydrogen-bond donors (Lipinski definition) is 2. The van der Waals surface area contributed by atoms with Gasteiger partial charge in [0.1, 0.15) is 0 Å². The SMILES string of the molecule is CCCCCCCC/C=C\CCCCCCCCC(CC[N+](C)(C)C)OP(=O)(O)O. The maximum absolute atomic E-state index is 11.2. The summed E-state index contributed by atoms with van der Waals surface area (Å²) >= 11 is 0. The van der Waals surface area contributed by atoms with Crippen molar-refractivity contribution in [2.45, 2.75) is 116 Å². The van der Waals surface area contributed by atoms with Gasteiger partial charge in [0.05, 0.1) is 33.8 Å². The van der Waals surface area contributed by atoms with E-state index in [1.807, 2.05) is 0 Å². The van der Waals surface area contributed by atoms with E-state index in [0.29, 0.717) is 6.42 Å². The largest absolute Gasteiger partial charge is 0.469 e. The quantitative estimate of drug-likeness (QED) is 0.0859. The number of nitrogens with zero attached hydrogens (tertiary/aromatic N) is 1. The summed E-state index contributed by atoms with van der Waals surface area (Å²) in [6.45, 7) is 3.11. The minimum Gasteiger partial charge on any atom is -0.331 e. The Kier molecular flexibility index (Phi) is 18.3. The number of rotatable bonds is 21. The van der Waals surface area contributed by atoms with Crippen LogP contribution in [0.15, 0.2) is 12.2 Å². The molecule has 0 aromatic rings. The summed E-state index contributed by atoms with van der Waals surface area (Å²) in [6, 6.07) is 0. The first-order chi connectivity index (χ1) is 14.1. The summed E-state index contributed by atoms with van der Waals surface area (Å²) < 4.78 is 17.0. The molecule has 0 radical (unpaired) electrons. The van der Waals surface area contributed by atoms with Gasteiger partial charge in [0.25, 0.3) is 0 Å². The first-order valence-corrected chi connectivity index (χ1v) is 13.9. The Morgan fingerprint density at radius 1 is 0.767 bits per heavy atom. The molecular weight excluding hydrogens is 397 g/mol. The Hall–Kier alpha value is -0.190. The van der Waals surface area contributed by atoms with Crippen LogP contribution >= 0.6 is 7.82 Å². The molecule has 0 fully saturated rings. The normalized spacial score (nSPS) is 13.9. The van der Waals surface area contributed by atoms with Crippen LogP contribution in [0.2, 0.25) is 0 Å². The highest BCUT2D eigenvalue weighted by Gasteiger charge is 2.23. The lowest BCUT2D eigenvalue weighted by molar-refractivity contribution is -0.870.